The highest BCUT2D eigenvalue weighted by Crippen LogP contribution is 2.35. The minimum atomic E-state index is 0.0166. The summed E-state index contributed by atoms with van der Waals surface area (Å²) in [6, 6.07) is 14.0. The van der Waals surface area contributed by atoms with Crippen molar-refractivity contribution < 1.29 is 9.53 Å². The molecule has 29 heavy (non-hydrogen) atoms. The topological polar surface area (TPSA) is 44.8 Å². The second kappa shape index (κ2) is 9.06. The first kappa shape index (κ1) is 20.0. The monoisotopic (exact) mass is 413 g/mol. The van der Waals surface area contributed by atoms with Crippen LogP contribution in [0.5, 0.6) is 5.75 Å². The number of piperazine rings is 1. The predicted octanol–water partition coefficient (Wildman–Crippen LogP) is 4.38. The number of hydrogen-bond donors (Lipinski definition) is 1. The van der Waals surface area contributed by atoms with Crippen molar-refractivity contribution >= 4 is 28.9 Å². The van der Waals surface area contributed by atoms with Crippen LogP contribution in [-0.2, 0) is 4.79 Å². The Hall–Kier alpha value is -2.24. The molecule has 2 aliphatic heterocycles. The number of carbonyl (C=O) groups excluding carboxylic acids is 1. The van der Waals surface area contributed by atoms with Crippen molar-refractivity contribution in [3.63, 3.8) is 0 Å². The molecule has 154 valence electrons. The van der Waals surface area contributed by atoms with Gasteiger partial charge in [-0.3, -0.25) is 9.69 Å². The minimum Gasteiger partial charge on any atom is -0.495 e. The molecule has 0 radical (unpaired) electrons. The van der Waals surface area contributed by atoms with E-state index in [1.54, 1.807) is 7.11 Å². The van der Waals surface area contributed by atoms with Crippen LogP contribution in [0.3, 0.4) is 0 Å². The third-order valence-corrected chi connectivity index (χ3v) is 6.31. The lowest BCUT2D eigenvalue weighted by atomic mass is 9.95. The Morgan fingerprint density at radius 1 is 1.10 bits per heavy atom. The summed E-state index contributed by atoms with van der Waals surface area (Å²) in [6.45, 7) is 5.20. The van der Waals surface area contributed by atoms with Crippen LogP contribution in [-0.4, -0.2) is 50.6 Å². The summed E-state index contributed by atoms with van der Waals surface area (Å²) in [4.78, 5) is 17.1. The Morgan fingerprint density at radius 3 is 2.69 bits per heavy atom. The average molecular weight is 414 g/mol. The summed E-state index contributed by atoms with van der Waals surface area (Å²) < 4.78 is 5.34. The minimum absolute atomic E-state index is 0.0166. The van der Waals surface area contributed by atoms with E-state index in [4.69, 9.17) is 16.3 Å². The lowest BCUT2D eigenvalue weighted by molar-refractivity contribution is -0.117. The predicted molar refractivity (Wildman–Crippen MR) is 118 cm³/mol. The van der Waals surface area contributed by atoms with Crippen molar-refractivity contribution in [3.8, 4) is 5.75 Å². The van der Waals surface area contributed by atoms with Crippen LogP contribution in [0.4, 0.5) is 11.4 Å². The van der Waals surface area contributed by atoms with Gasteiger partial charge in [0.25, 0.3) is 0 Å². The molecule has 0 aliphatic carbocycles. The number of benzene rings is 2. The highest BCUT2D eigenvalue weighted by Gasteiger charge is 2.29. The van der Waals surface area contributed by atoms with Crippen LogP contribution in [0.2, 0.25) is 5.02 Å². The summed E-state index contributed by atoms with van der Waals surface area (Å²) in [5, 5.41) is 3.64. The molecule has 1 atom stereocenters. The number of amides is 1. The van der Waals surface area contributed by atoms with Gasteiger partial charge in [-0.2, -0.15) is 0 Å². The summed E-state index contributed by atoms with van der Waals surface area (Å²) in [6.07, 6.45) is 3.12. The standard InChI is InChI=1S/C23H28ClN3O2/c1-29-22-16-17(9-10-20(22)24)27-14-12-26(13-15-27)11-5-4-7-19-18-6-2-3-8-21(18)25-23(19)28/h2-3,6,8-10,16,19H,4-5,7,11-15H2,1H3,(H,25,28). The first-order valence-electron chi connectivity index (χ1n) is 10.4. The van der Waals surface area contributed by atoms with Gasteiger partial charge in [-0.15, -0.1) is 0 Å². The molecule has 6 heteroatoms. The van der Waals surface area contributed by atoms with Crippen LogP contribution in [0.15, 0.2) is 42.5 Å². The van der Waals surface area contributed by atoms with Gasteiger partial charge < -0.3 is 15.0 Å². The Bertz CT molecular complexity index is 865. The number of fused-ring (bicyclic) bond motifs is 1. The van der Waals surface area contributed by atoms with E-state index in [0.29, 0.717) is 5.02 Å². The van der Waals surface area contributed by atoms with Gasteiger partial charge in [0, 0.05) is 43.6 Å². The maximum atomic E-state index is 12.2. The van der Waals surface area contributed by atoms with Gasteiger partial charge in [0.1, 0.15) is 5.75 Å². The summed E-state index contributed by atoms with van der Waals surface area (Å²) in [7, 11) is 1.65. The second-order valence-electron chi connectivity index (χ2n) is 7.77. The van der Waals surface area contributed by atoms with Crippen molar-refractivity contribution in [1.29, 1.82) is 0 Å². The molecule has 1 saturated heterocycles. The lowest BCUT2D eigenvalue weighted by Crippen LogP contribution is -2.46. The smallest absolute Gasteiger partial charge is 0.232 e. The van der Waals surface area contributed by atoms with E-state index >= 15 is 0 Å². The third-order valence-electron chi connectivity index (χ3n) is 6.00. The number of nitrogens with one attached hydrogen (secondary N) is 1. The first-order chi connectivity index (χ1) is 14.2. The highest BCUT2D eigenvalue weighted by atomic mass is 35.5. The van der Waals surface area contributed by atoms with Gasteiger partial charge in [-0.25, -0.2) is 0 Å². The zero-order valence-corrected chi connectivity index (χ0v) is 17.6. The maximum absolute atomic E-state index is 12.2. The number of methoxy groups -OCH3 is 1. The van der Waals surface area contributed by atoms with Gasteiger partial charge >= 0.3 is 0 Å². The molecule has 5 nitrogen and oxygen atoms in total. The number of nitrogens with zero attached hydrogens (tertiary/aromatic N) is 2. The second-order valence-corrected chi connectivity index (χ2v) is 8.18. The quantitative estimate of drug-likeness (QED) is 0.684. The van der Waals surface area contributed by atoms with Gasteiger partial charge in [-0.05, 0) is 43.1 Å². The third kappa shape index (κ3) is 4.51. The van der Waals surface area contributed by atoms with Crippen LogP contribution in [0.25, 0.3) is 0 Å². The number of unbranched alkanes of at least 4 members (excludes halogenated alkanes) is 1. The molecule has 0 bridgehead atoms. The normalized spacial score (nSPS) is 19.2. The van der Waals surface area contributed by atoms with Gasteiger partial charge in [0.2, 0.25) is 5.91 Å². The first-order valence-corrected chi connectivity index (χ1v) is 10.7. The molecule has 2 heterocycles. The Balaban J connectivity index is 1.21. The fourth-order valence-corrected chi connectivity index (χ4v) is 4.52. The number of halogens is 1. The molecule has 1 unspecified atom stereocenters. The fraction of sp³-hybridized carbons (Fsp3) is 0.435. The highest BCUT2D eigenvalue weighted by molar-refractivity contribution is 6.32. The maximum Gasteiger partial charge on any atom is 0.232 e. The number of carbonyl (C=O) groups is 1. The van der Waals surface area contributed by atoms with E-state index in [1.165, 1.54) is 0 Å². The molecule has 0 saturated carbocycles. The summed E-state index contributed by atoms with van der Waals surface area (Å²) >= 11 is 6.14. The van der Waals surface area contributed by atoms with E-state index in [1.807, 2.05) is 30.3 Å². The Labute approximate surface area is 177 Å². The fourth-order valence-electron chi connectivity index (χ4n) is 4.32. The van der Waals surface area contributed by atoms with Crippen molar-refractivity contribution in [2.24, 2.45) is 0 Å². The van der Waals surface area contributed by atoms with Gasteiger partial charge in [0.05, 0.1) is 18.1 Å². The molecule has 4 rings (SSSR count). The molecule has 1 amide bonds. The molecule has 1 N–H and O–H groups in total. The largest absolute Gasteiger partial charge is 0.495 e. The molecule has 0 spiro atoms. The van der Waals surface area contributed by atoms with Crippen LogP contribution >= 0.6 is 11.6 Å². The zero-order chi connectivity index (χ0) is 20.2. The van der Waals surface area contributed by atoms with Gasteiger partial charge in [-0.1, -0.05) is 36.2 Å². The van der Waals surface area contributed by atoms with Crippen molar-refractivity contribution in [3.05, 3.63) is 53.1 Å². The zero-order valence-electron chi connectivity index (χ0n) is 16.9. The molecule has 2 aromatic carbocycles. The lowest BCUT2D eigenvalue weighted by Gasteiger charge is -2.36. The van der Waals surface area contributed by atoms with E-state index in [0.717, 1.165) is 74.7 Å². The number of hydrogen-bond acceptors (Lipinski definition) is 4. The SMILES string of the molecule is COc1cc(N2CCN(CCCCC3C(=O)Nc4ccccc43)CC2)ccc1Cl. The Morgan fingerprint density at radius 2 is 1.90 bits per heavy atom. The van der Waals surface area contributed by atoms with Crippen LogP contribution < -0.4 is 15.0 Å². The number of rotatable bonds is 7. The van der Waals surface area contributed by atoms with E-state index < -0.39 is 0 Å². The average Bonchev–Trinajstić information content (AvgIpc) is 3.07. The van der Waals surface area contributed by atoms with Crippen LogP contribution in [0, 0.1) is 0 Å². The number of para-hydroxylation sites is 1. The van der Waals surface area contributed by atoms with Crippen molar-refractivity contribution in [2.75, 3.05) is 50.1 Å². The number of ether oxygens (including phenoxy) is 1. The molecule has 0 aromatic heterocycles. The van der Waals surface area contributed by atoms with E-state index in [-0.39, 0.29) is 11.8 Å². The number of anilines is 2. The molecular weight excluding hydrogens is 386 g/mol. The van der Waals surface area contributed by atoms with E-state index in [2.05, 4.69) is 27.2 Å². The van der Waals surface area contributed by atoms with Crippen LogP contribution in [0.1, 0.15) is 30.7 Å². The molecular formula is C23H28ClN3O2. The van der Waals surface area contributed by atoms with Crippen molar-refractivity contribution in [2.45, 2.75) is 25.2 Å². The summed E-state index contributed by atoms with van der Waals surface area (Å²) in [5.74, 6) is 0.894. The molecule has 2 aliphatic rings. The molecule has 2 aromatic rings. The molecule has 1 fully saturated rings. The Kier molecular flexibility index (Phi) is 6.26. The van der Waals surface area contributed by atoms with Gasteiger partial charge in [0.15, 0.2) is 0 Å². The van der Waals surface area contributed by atoms with Crippen molar-refractivity contribution in [1.82, 2.24) is 4.90 Å². The summed E-state index contributed by atoms with van der Waals surface area (Å²) in [5.41, 5.74) is 3.30. The van der Waals surface area contributed by atoms with E-state index in [9.17, 15) is 4.79 Å².